The van der Waals surface area contributed by atoms with Crippen LogP contribution in [0.5, 0.6) is 5.75 Å². The number of anilines is 1. The molecule has 6 nitrogen and oxygen atoms in total. The first-order valence-electron chi connectivity index (χ1n) is 12.6. The highest BCUT2D eigenvalue weighted by molar-refractivity contribution is 8.00. The standard InChI is InChI=1S/C30H29FNO5PS/c31-23-11-6-21(7-12-23)27(33)16-17-29-30(32(19-39-29)24-4-2-1-3-5-24)26-15-10-22(18-28(26)34)20-8-13-25(14-9-20)38(35,36)37/h1-15,18,27,29-30,33-34H,16-17,19H2,(H2,35,36,37). The predicted molar refractivity (Wildman–Crippen MR) is 154 cm³/mol. The van der Waals surface area contributed by atoms with Gasteiger partial charge in [-0.2, -0.15) is 0 Å². The fraction of sp³-hybridized carbons (Fsp3) is 0.200. The molecule has 0 spiro atoms. The summed E-state index contributed by atoms with van der Waals surface area (Å²) in [6, 6.07) is 27.3. The fourth-order valence-electron chi connectivity index (χ4n) is 5.01. The van der Waals surface area contributed by atoms with Crippen LogP contribution >= 0.6 is 19.4 Å². The predicted octanol–water partition coefficient (Wildman–Crippen LogP) is 6.14. The number of nitrogens with zero attached hydrogens (tertiary/aromatic N) is 1. The van der Waals surface area contributed by atoms with Gasteiger partial charge in [0.05, 0.1) is 23.3 Å². The van der Waals surface area contributed by atoms with E-state index in [1.54, 1.807) is 42.1 Å². The Morgan fingerprint density at radius 3 is 2.23 bits per heavy atom. The van der Waals surface area contributed by atoms with Crippen LogP contribution in [0.25, 0.3) is 11.1 Å². The highest BCUT2D eigenvalue weighted by Crippen LogP contribution is 2.48. The van der Waals surface area contributed by atoms with E-state index in [2.05, 4.69) is 4.90 Å². The molecular weight excluding hydrogens is 536 g/mol. The average Bonchev–Trinajstić information content (AvgIpc) is 3.36. The van der Waals surface area contributed by atoms with Gasteiger partial charge in [0, 0.05) is 16.5 Å². The van der Waals surface area contributed by atoms with Crippen LogP contribution in [-0.2, 0) is 4.57 Å². The smallest absolute Gasteiger partial charge is 0.356 e. The Bertz CT molecular complexity index is 1460. The highest BCUT2D eigenvalue weighted by atomic mass is 32.2. The van der Waals surface area contributed by atoms with E-state index in [1.807, 2.05) is 42.5 Å². The summed E-state index contributed by atoms with van der Waals surface area (Å²) in [5.74, 6) is 0.508. The number of benzene rings is 4. The zero-order valence-corrected chi connectivity index (χ0v) is 22.7. The Kier molecular flexibility index (Phi) is 8.12. The maximum atomic E-state index is 13.3. The Morgan fingerprint density at radius 2 is 1.59 bits per heavy atom. The largest absolute Gasteiger partial charge is 0.508 e. The summed E-state index contributed by atoms with van der Waals surface area (Å²) in [5, 5.41) is 22.0. The topological polar surface area (TPSA) is 101 Å². The molecule has 9 heteroatoms. The van der Waals surface area contributed by atoms with Crippen molar-refractivity contribution in [1.29, 1.82) is 0 Å². The maximum Gasteiger partial charge on any atom is 0.356 e. The summed E-state index contributed by atoms with van der Waals surface area (Å²) < 4.78 is 24.8. The van der Waals surface area contributed by atoms with E-state index in [1.165, 1.54) is 24.3 Å². The Balaban J connectivity index is 1.41. The van der Waals surface area contributed by atoms with Crippen molar-refractivity contribution in [2.45, 2.75) is 30.2 Å². The van der Waals surface area contributed by atoms with Crippen LogP contribution in [0.3, 0.4) is 0 Å². The van der Waals surface area contributed by atoms with Crippen molar-refractivity contribution in [3.05, 3.63) is 114 Å². The Hall–Kier alpha value is -3.13. The van der Waals surface area contributed by atoms with Crippen molar-refractivity contribution in [2.24, 2.45) is 0 Å². The molecule has 0 aromatic heterocycles. The number of aliphatic hydroxyl groups is 1. The van der Waals surface area contributed by atoms with E-state index >= 15 is 0 Å². The molecule has 0 amide bonds. The average molecular weight is 566 g/mol. The summed E-state index contributed by atoms with van der Waals surface area (Å²) in [7, 11) is -4.33. The van der Waals surface area contributed by atoms with Crippen molar-refractivity contribution in [1.82, 2.24) is 0 Å². The number of thioether (sulfide) groups is 1. The van der Waals surface area contributed by atoms with Crippen molar-refractivity contribution in [3.63, 3.8) is 0 Å². The van der Waals surface area contributed by atoms with Crippen LogP contribution in [0.4, 0.5) is 10.1 Å². The normalized spacial score (nSPS) is 18.3. The molecule has 1 heterocycles. The zero-order valence-electron chi connectivity index (χ0n) is 21.0. The maximum absolute atomic E-state index is 13.3. The van der Waals surface area contributed by atoms with E-state index in [0.717, 1.165) is 28.3 Å². The second kappa shape index (κ2) is 11.5. The summed E-state index contributed by atoms with van der Waals surface area (Å²) >= 11 is 1.77. The molecule has 5 rings (SSSR count). The van der Waals surface area contributed by atoms with E-state index in [9.17, 15) is 29.0 Å². The molecule has 1 fully saturated rings. The monoisotopic (exact) mass is 565 g/mol. The molecule has 0 aliphatic carbocycles. The fourth-order valence-corrected chi connectivity index (χ4v) is 6.99. The molecule has 0 bridgehead atoms. The Labute approximate surface area is 230 Å². The molecule has 39 heavy (non-hydrogen) atoms. The molecule has 4 N–H and O–H groups in total. The molecule has 1 saturated heterocycles. The van der Waals surface area contributed by atoms with E-state index in [0.29, 0.717) is 18.4 Å². The number of rotatable bonds is 8. The lowest BCUT2D eigenvalue weighted by atomic mass is 9.93. The first-order valence-corrected chi connectivity index (χ1v) is 15.2. The molecule has 3 atom stereocenters. The number of aliphatic hydroxyl groups excluding tert-OH is 1. The van der Waals surface area contributed by atoms with Gasteiger partial charge in [0.15, 0.2) is 0 Å². The van der Waals surface area contributed by atoms with Crippen LogP contribution in [0, 0.1) is 5.82 Å². The minimum Gasteiger partial charge on any atom is -0.508 e. The van der Waals surface area contributed by atoms with Crippen molar-refractivity contribution < 1.29 is 29.0 Å². The number of halogens is 1. The van der Waals surface area contributed by atoms with Gasteiger partial charge in [-0.1, -0.05) is 54.6 Å². The summed E-state index contributed by atoms with van der Waals surface area (Å²) in [6.45, 7) is 0. The SMILES string of the molecule is O=P(O)(O)c1ccc(-c2ccc(C3C(CCC(O)c4ccc(F)cc4)SCN3c3ccccc3)c(O)c2)cc1. The van der Waals surface area contributed by atoms with Gasteiger partial charge < -0.3 is 24.9 Å². The molecular formula is C30H29FNO5PS. The number of aromatic hydroxyl groups is 1. The molecule has 4 aromatic rings. The molecule has 1 aliphatic heterocycles. The number of hydrogen-bond donors (Lipinski definition) is 4. The lowest BCUT2D eigenvalue weighted by Gasteiger charge is -2.30. The van der Waals surface area contributed by atoms with Crippen molar-refractivity contribution in [3.8, 4) is 16.9 Å². The van der Waals surface area contributed by atoms with Crippen LogP contribution < -0.4 is 10.2 Å². The minimum absolute atomic E-state index is 0.0563. The van der Waals surface area contributed by atoms with Crippen LogP contribution in [-0.4, -0.2) is 31.1 Å². The van der Waals surface area contributed by atoms with Gasteiger partial charge in [-0.05, 0) is 72.0 Å². The minimum atomic E-state index is -4.33. The number of phenolic OH excluding ortho intramolecular Hbond substituents is 1. The van der Waals surface area contributed by atoms with Gasteiger partial charge in [-0.25, -0.2) is 4.39 Å². The van der Waals surface area contributed by atoms with Crippen LogP contribution in [0.15, 0.2) is 97.1 Å². The summed E-state index contributed by atoms with van der Waals surface area (Å²) in [6.07, 6.45) is 0.458. The lowest BCUT2D eigenvalue weighted by Crippen LogP contribution is -2.27. The van der Waals surface area contributed by atoms with Gasteiger partial charge in [0.1, 0.15) is 11.6 Å². The molecule has 4 aromatic carbocycles. The second-order valence-electron chi connectivity index (χ2n) is 9.59. The number of para-hydroxylation sites is 1. The second-order valence-corrected chi connectivity index (χ2v) is 12.4. The first kappa shape index (κ1) is 27.4. The quantitative estimate of drug-likeness (QED) is 0.191. The van der Waals surface area contributed by atoms with Crippen molar-refractivity contribution >= 4 is 30.3 Å². The van der Waals surface area contributed by atoms with Crippen LogP contribution in [0.1, 0.15) is 36.1 Å². The Morgan fingerprint density at radius 1 is 0.923 bits per heavy atom. The lowest BCUT2D eigenvalue weighted by molar-refractivity contribution is 0.163. The van der Waals surface area contributed by atoms with Gasteiger partial charge in [0.25, 0.3) is 0 Å². The van der Waals surface area contributed by atoms with E-state index in [-0.39, 0.29) is 28.2 Å². The highest BCUT2D eigenvalue weighted by Gasteiger charge is 2.37. The number of hydrogen-bond acceptors (Lipinski definition) is 5. The summed E-state index contributed by atoms with van der Waals surface area (Å²) in [5.41, 5.74) is 3.93. The van der Waals surface area contributed by atoms with Crippen molar-refractivity contribution in [2.75, 3.05) is 10.8 Å². The third-order valence-electron chi connectivity index (χ3n) is 7.07. The molecule has 202 valence electrons. The third-order valence-corrected chi connectivity index (χ3v) is 9.39. The van der Waals surface area contributed by atoms with Gasteiger partial charge in [-0.15, -0.1) is 11.8 Å². The molecule has 3 unspecified atom stereocenters. The zero-order chi connectivity index (χ0) is 27.6. The molecule has 0 radical (unpaired) electrons. The van der Waals surface area contributed by atoms with Gasteiger partial charge in [0.2, 0.25) is 0 Å². The molecule has 1 aliphatic rings. The summed E-state index contributed by atoms with van der Waals surface area (Å²) in [4.78, 5) is 21.0. The number of phenols is 1. The van der Waals surface area contributed by atoms with Crippen LogP contribution in [0.2, 0.25) is 0 Å². The third kappa shape index (κ3) is 6.21. The van der Waals surface area contributed by atoms with Gasteiger partial charge in [-0.3, -0.25) is 4.57 Å². The first-order chi connectivity index (χ1) is 18.7. The molecule has 0 saturated carbocycles. The van der Waals surface area contributed by atoms with E-state index < -0.39 is 13.7 Å². The van der Waals surface area contributed by atoms with Gasteiger partial charge >= 0.3 is 7.60 Å². The van der Waals surface area contributed by atoms with E-state index in [4.69, 9.17) is 0 Å².